The molecule has 0 saturated heterocycles. The third-order valence-electron chi connectivity index (χ3n) is 1.79. The van der Waals surface area contributed by atoms with Crippen molar-refractivity contribution in [2.24, 2.45) is 0 Å². The van der Waals surface area contributed by atoms with Crippen LogP contribution in [0.3, 0.4) is 0 Å². The molecule has 0 radical (unpaired) electrons. The standard InChI is InChI=1S/C9H14O3Si/c1-10-13(3,11-2)12-9-7-5-4-6-8-9/h4-8H,1-3H3. The first-order valence-electron chi connectivity index (χ1n) is 4.04. The highest BCUT2D eigenvalue weighted by atomic mass is 28.4. The van der Waals surface area contributed by atoms with E-state index in [4.69, 9.17) is 13.3 Å². The lowest BCUT2D eigenvalue weighted by atomic mass is 10.3. The lowest BCUT2D eigenvalue weighted by molar-refractivity contribution is 0.169. The Kier molecular flexibility index (Phi) is 3.47. The van der Waals surface area contributed by atoms with Crippen molar-refractivity contribution in [2.75, 3.05) is 14.2 Å². The number of hydrogen-bond donors (Lipinski definition) is 0. The second-order valence-corrected chi connectivity index (χ2v) is 5.43. The van der Waals surface area contributed by atoms with Crippen molar-refractivity contribution in [3.05, 3.63) is 30.3 Å². The molecule has 13 heavy (non-hydrogen) atoms. The maximum atomic E-state index is 5.59. The smallest absolute Gasteiger partial charge is 0.501 e. The minimum Gasteiger partial charge on any atom is -0.501 e. The van der Waals surface area contributed by atoms with Gasteiger partial charge in [0.2, 0.25) is 0 Å². The van der Waals surface area contributed by atoms with Crippen LogP contribution < -0.4 is 4.43 Å². The highest BCUT2D eigenvalue weighted by Crippen LogP contribution is 2.15. The molecule has 0 spiro atoms. The van der Waals surface area contributed by atoms with Gasteiger partial charge in [0.25, 0.3) is 0 Å². The summed E-state index contributed by atoms with van der Waals surface area (Å²) >= 11 is 0. The highest BCUT2D eigenvalue weighted by molar-refractivity contribution is 6.59. The fourth-order valence-electron chi connectivity index (χ4n) is 0.869. The van der Waals surface area contributed by atoms with E-state index in [1.165, 1.54) is 0 Å². The maximum Gasteiger partial charge on any atom is 0.562 e. The van der Waals surface area contributed by atoms with Gasteiger partial charge < -0.3 is 13.3 Å². The molecule has 0 aliphatic carbocycles. The van der Waals surface area contributed by atoms with Gasteiger partial charge in [-0.2, -0.15) is 0 Å². The van der Waals surface area contributed by atoms with Gasteiger partial charge in [0.15, 0.2) is 0 Å². The molecular weight excluding hydrogens is 184 g/mol. The van der Waals surface area contributed by atoms with Crippen molar-refractivity contribution in [1.29, 1.82) is 0 Å². The van der Waals surface area contributed by atoms with E-state index in [2.05, 4.69) is 0 Å². The molecule has 0 amide bonds. The number of benzene rings is 1. The average molecular weight is 198 g/mol. The zero-order valence-electron chi connectivity index (χ0n) is 8.11. The Labute approximate surface area is 79.6 Å². The van der Waals surface area contributed by atoms with E-state index in [1.54, 1.807) is 14.2 Å². The maximum absolute atomic E-state index is 5.59. The largest absolute Gasteiger partial charge is 0.562 e. The van der Waals surface area contributed by atoms with Gasteiger partial charge in [-0.15, -0.1) is 0 Å². The molecule has 0 atom stereocenters. The highest BCUT2D eigenvalue weighted by Gasteiger charge is 2.34. The Morgan fingerprint density at radius 2 is 1.54 bits per heavy atom. The third kappa shape index (κ3) is 2.84. The van der Waals surface area contributed by atoms with E-state index >= 15 is 0 Å². The van der Waals surface area contributed by atoms with Crippen molar-refractivity contribution >= 4 is 8.80 Å². The van der Waals surface area contributed by atoms with E-state index in [-0.39, 0.29) is 0 Å². The van der Waals surface area contributed by atoms with Gasteiger partial charge in [0.1, 0.15) is 5.75 Å². The number of hydrogen-bond acceptors (Lipinski definition) is 3. The summed E-state index contributed by atoms with van der Waals surface area (Å²) in [4.78, 5) is 0. The van der Waals surface area contributed by atoms with Gasteiger partial charge >= 0.3 is 8.80 Å². The molecule has 0 aliphatic heterocycles. The average Bonchev–Trinajstić information content (AvgIpc) is 2.19. The molecule has 0 bridgehead atoms. The van der Waals surface area contributed by atoms with Crippen LogP contribution in [0.5, 0.6) is 5.75 Å². The van der Waals surface area contributed by atoms with Crippen molar-refractivity contribution in [2.45, 2.75) is 6.55 Å². The predicted molar refractivity (Wildman–Crippen MR) is 52.7 cm³/mol. The van der Waals surface area contributed by atoms with Gasteiger partial charge in [0.05, 0.1) is 0 Å². The van der Waals surface area contributed by atoms with Gasteiger partial charge in [-0.3, -0.25) is 0 Å². The summed E-state index contributed by atoms with van der Waals surface area (Å²) in [6, 6.07) is 9.52. The molecule has 0 heterocycles. The lowest BCUT2D eigenvalue weighted by Gasteiger charge is -2.22. The molecule has 1 aromatic rings. The summed E-state index contributed by atoms with van der Waals surface area (Å²) in [7, 11) is 0.754. The second-order valence-electron chi connectivity index (χ2n) is 2.69. The molecule has 0 aromatic heterocycles. The van der Waals surface area contributed by atoms with Crippen molar-refractivity contribution in [3.8, 4) is 5.75 Å². The van der Waals surface area contributed by atoms with E-state index in [9.17, 15) is 0 Å². The van der Waals surface area contributed by atoms with Crippen LogP contribution in [0.4, 0.5) is 0 Å². The van der Waals surface area contributed by atoms with Crippen molar-refractivity contribution < 1.29 is 13.3 Å². The van der Waals surface area contributed by atoms with E-state index in [1.807, 2.05) is 36.9 Å². The summed E-state index contributed by atoms with van der Waals surface area (Å²) < 4.78 is 16.0. The van der Waals surface area contributed by atoms with E-state index in [0.717, 1.165) is 5.75 Å². The molecule has 0 N–H and O–H groups in total. The molecule has 4 heteroatoms. The molecule has 0 saturated carbocycles. The van der Waals surface area contributed by atoms with Gasteiger partial charge in [0, 0.05) is 20.8 Å². The molecule has 3 nitrogen and oxygen atoms in total. The Hall–Kier alpha value is -0.843. The number of rotatable bonds is 4. The number of para-hydroxylation sites is 1. The first-order chi connectivity index (χ1) is 6.20. The van der Waals surface area contributed by atoms with E-state index < -0.39 is 8.80 Å². The summed E-state index contributed by atoms with van der Waals surface area (Å²) in [5.74, 6) is 0.778. The summed E-state index contributed by atoms with van der Waals surface area (Å²) in [5, 5.41) is 0. The Morgan fingerprint density at radius 1 is 1.00 bits per heavy atom. The van der Waals surface area contributed by atoms with Crippen LogP contribution in [0.15, 0.2) is 30.3 Å². The Morgan fingerprint density at radius 3 is 2.00 bits per heavy atom. The van der Waals surface area contributed by atoms with E-state index in [0.29, 0.717) is 0 Å². The molecule has 0 fully saturated rings. The topological polar surface area (TPSA) is 27.7 Å². The monoisotopic (exact) mass is 198 g/mol. The summed E-state index contributed by atoms with van der Waals surface area (Å²) in [6.45, 7) is 1.85. The van der Waals surface area contributed by atoms with Crippen LogP contribution in [0.1, 0.15) is 0 Å². The lowest BCUT2D eigenvalue weighted by Crippen LogP contribution is -2.43. The fraction of sp³-hybridized carbons (Fsp3) is 0.333. The minimum absolute atomic E-state index is 0.778. The molecule has 0 aliphatic rings. The fourth-order valence-corrected chi connectivity index (χ4v) is 1.77. The Balaban J connectivity index is 2.68. The third-order valence-corrected chi connectivity index (χ3v) is 3.88. The Bertz CT molecular complexity index is 246. The molecule has 1 rings (SSSR count). The summed E-state index contributed by atoms with van der Waals surface area (Å²) in [5.41, 5.74) is 0. The zero-order valence-corrected chi connectivity index (χ0v) is 9.11. The second kappa shape index (κ2) is 4.41. The quantitative estimate of drug-likeness (QED) is 0.692. The van der Waals surface area contributed by atoms with Gasteiger partial charge in [-0.05, 0) is 12.1 Å². The van der Waals surface area contributed by atoms with Crippen LogP contribution in [-0.2, 0) is 8.85 Å². The minimum atomic E-state index is -2.44. The first kappa shape index (κ1) is 10.2. The zero-order chi connectivity index (χ0) is 9.73. The first-order valence-corrected chi connectivity index (χ1v) is 6.27. The molecule has 72 valence electrons. The normalized spacial score (nSPS) is 11.3. The van der Waals surface area contributed by atoms with Crippen LogP contribution >= 0.6 is 0 Å². The van der Waals surface area contributed by atoms with Crippen LogP contribution in [0.2, 0.25) is 6.55 Å². The SMILES string of the molecule is CO[Si](C)(OC)Oc1ccccc1. The van der Waals surface area contributed by atoms with Gasteiger partial charge in [-0.25, -0.2) is 0 Å². The predicted octanol–water partition coefficient (Wildman–Crippen LogP) is 1.93. The van der Waals surface area contributed by atoms with Crippen molar-refractivity contribution in [3.63, 3.8) is 0 Å². The van der Waals surface area contributed by atoms with Gasteiger partial charge in [-0.1, -0.05) is 18.2 Å². The van der Waals surface area contributed by atoms with Crippen molar-refractivity contribution in [1.82, 2.24) is 0 Å². The van der Waals surface area contributed by atoms with Crippen LogP contribution in [0.25, 0.3) is 0 Å². The summed E-state index contributed by atoms with van der Waals surface area (Å²) in [6.07, 6.45) is 0. The molecule has 1 aromatic carbocycles. The molecule has 0 unspecified atom stereocenters. The molecular formula is C9H14O3Si. The van der Waals surface area contributed by atoms with Crippen LogP contribution in [-0.4, -0.2) is 23.0 Å². The van der Waals surface area contributed by atoms with Crippen LogP contribution in [0, 0.1) is 0 Å².